The van der Waals surface area contributed by atoms with Crippen LogP contribution in [-0.2, 0) is 4.79 Å². The molecule has 1 saturated heterocycles. The Kier molecular flexibility index (Phi) is 4.24. The van der Waals surface area contributed by atoms with E-state index in [1.807, 2.05) is 4.90 Å². The second-order valence-corrected chi connectivity index (χ2v) is 4.85. The molecule has 5 nitrogen and oxygen atoms in total. The first-order valence-corrected chi connectivity index (χ1v) is 6.69. The highest BCUT2D eigenvalue weighted by Gasteiger charge is 2.24. The number of ether oxygens (including phenoxy) is 1. The Balaban J connectivity index is 2.21. The van der Waals surface area contributed by atoms with Gasteiger partial charge in [0.15, 0.2) is 5.75 Å². The Morgan fingerprint density at radius 3 is 2.63 bits per heavy atom. The summed E-state index contributed by atoms with van der Waals surface area (Å²) in [6.07, 6.45) is 4.91. The number of carbonyl (C=O) groups is 1. The van der Waals surface area contributed by atoms with Gasteiger partial charge in [-0.05, 0) is 38.3 Å². The van der Waals surface area contributed by atoms with Crippen LogP contribution in [0.15, 0.2) is 23.1 Å². The fraction of sp³-hybridized carbons (Fsp3) is 0.571. The second kappa shape index (κ2) is 5.91. The SMILES string of the molecule is COc1cccn(C(C)C(=O)N2CCCCC2)c1=O. The van der Waals surface area contributed by atoms with Gasteiger partial charge in [0.2, 0.25) is 5.91 Å². The molecule has 1 atom stereocenters. The first kappa shape index (κ1) is 13.6. The van der Waals surface area contributed by atoms with E-state index in [4.69, 9.17) is 4.74 Å². The molecule has 0 bridgehead atoms. The zero-order chi connectivity index (χ0) is 13.8. The van der Waals surface area contributed by atoms with Crippen molar-refractivity contribution in [3.05, 3.63) is 28.7 Å². The van der Waals surface area contributed by atoms with Crippen molar-refractivity contribution in [3.63, 3.8) is 0 Å². The van der Waals surface area contributed by atoms with Crippen molar-refractivity contribution in [2.75, 3.05) is 20.2 Å². The fourth-order valence-corrected chi connectivity index (χ4v) is 2.45. The van der Waals surface area contributed by atoms with E-state index in [1.54, 1.807) is 25.3 Å². The third-order valence-electron chi connectivity index (χ3n) is 3.60. The summed E-state index contributed by atoms with van der Waals surface area (Å²) in [5.41, 5.74) is -0.261. The van der Waals surface area contributed by atoms with Gasteiger partial charge in [0.25, 0.3) is 5.56 Å². The van der Waals surface area contributed by atoms with Gasteiger partial charge in [0.1, 0.15) is 6.04 Å². The zero-order valence-electron chi connectivity index (χ0n) is 11.5. The van der Waals surface area contributed by atoms with Crippen LogP contribution in [0.5, 0.6) is 5.75 Å². The highest BCUT2D eigenvalue weighted by atomic mass is 16.5. The zero-order valence-corrected chi connectivity index (χ0v) is 11.5. The van der Waals surface area contributed by atoms with E-state index in [0.29, 0.717) is 0 Å². The summed E-state index contributed by atoms with van der Waals surface area (Å²) in [7, 11) is 1.46. The van der Waals surface area contributed by atoms with E-state index in [-0.39, 0.29) is 17.2 Å². The van der Waals surface area contributed by atoms with Crippen molar-refractivity contribution < 1.29 is 9.53 Å². The monoisotopic (exact) mass is 264 g/mol. The lowest BCUT2D eigenvalue weighted by Crippen LogP contribution is -2.41. The number of nitrogens with zero attached hydrogens (tertiary/aromatic N) is 2. The van der Waals surface area contributed by atoms with Crippen molar-refractivity contribution >= 4 is 5.91 Å². The van der Waals surface area contributed by atoms with Gasteiger partial charge in [0, 0.05) is 19.3 Å². The maximum Gasteiger partial charge on any atom is 0.293 e. The van der Waals surface area contributed by atoms with Crippen LogP contribution in [0.3, 0.4) is 0 Å². The molecule has 1 aliphatic heterocycles. The van der Waals surface area contributed by atoms with Crippen molar-refractivity contribution in [2.24, 2.45) is 0 Å². The molecule has 0 radical (unpaired) electrons. The molecule has 0 aliphatic carbocycles. The predicted molar refractivity (Wildman–Crippen MR) is 72.4 cm³/mol. The molecule has 1 aromatic rings. The Labute approximate surface area is 112 Å². The van der Waals surface area contributed by atoms with Crippen molar-refractivity contribution in [3.8, 4) is 5.75 Å². The highest BCUT2D eigenvalue weighted by Crippen LogP contribution is 2.15. The van der Waals surface area contributed by atoms with Crippen LogP contribution in [0, 0.1) is 0 Å². The predicted octanol–water partition coefficient (Wildman–Crippen LogP) is 1.43. The summed E-state index contributed by atoms with van der Waals surface area (Å²) in [6.45, 7) is 3.35. The normalized spacial score (nSPS) is 17.1. The van der Waals surface area contributed by atoms with Crippen LogP contribution in [0.4, 0.5) is 0 Å². The fourth-order valence-electron chi connectivity index (χ4n) is 2.45. The highest BCUT2D eigenvalue weighted by molar-refractivity contribution is 5.80. The lowest BCUT2D eigenvalue weighted by molar-refractivity contribution is -0.135. The Morgan fingerprint density at radius 1 is 1.32 bits per heavy atom. The van der Waals surface area contributed by atoms with Gasteiger partial charge < -0.3 is 14.2 Å². The summed E-state index contributed by atoms with van der Waals surface area (Å²) in [4.78, 5) is 26.3. The number of rotatable bonds is 3. The molecule has 1 aliphatic rings. The molecule has 0 saturated carbocycles. The lowest BCUT2D eigenvalue weighted by Gasteiger charge is -2.29. The molecule has 1 unspecified atom stereocenters. The summed E-state index contributed by atoms with van der Waals surface area (Å²) < 4.78 is 6.44. The molecule has 1 aromatic heterocycles. The number of amides is 1. The van der Waals surface area contributed by atoms with E-state index in [9.17, 15) is 9.59 Å². The molecule has 2 heterocycles. The van der Waals surface area contributed by atoms with E-state index >= 15 is 0 Å². The molecule has 0 spiro atoms. The Hall–Kier alpha value is -1.78. The van der Waals surface area contributed by atoms with E-state index in [1.165, 1.54) is 18.1 Å². The van der Waals surface area contributed by atoms with Gasteiger partial charge in [0.05, 0.1) is 7.11 Å². The van der Waals surface area contributed by atoms with Crippen LogP contribution in [0.2, 0.25) is 0 Å². The maximum absolute atomic E-state index is 12.4. The summed E-state index contributed by atoms with van der Waals surface area (Å²) >= 11 is 0. The van der Waals surface area contributed by atoms with Gasteiger partial charge >= 0.3 is 0 Å². The molecule has 5 heteroatoms. The van der Waals surface area contributed by atoms with Crippen LogP contribution in [0.25, 0.3) is 0 Å². The number of methoxy groups -OCH3 is 1. The Morgan fingerprint density at radius 2 is 2.00 bits per heavy atom. The minimum absolute atomic E-state index is 0.00931. The smallest absolute Gasteiger partial charge is 0.293 e. The number of piperidine rings is 1. The topological polar surface area (TPSA) is 51.5 Å². The summed E-state index contributed by atoms with van der Waals surface area (Å²) in [5, 5.41) is 0. The molecule has 0 N–H and O–H groups in total. The van der Waals surface area contributed by atoms with E-state index in [0.717, 1.165) is 25.9 Å². The maximum atomic E-state index is 12.4. The van der Waals surface area contributed by atoms with Crippen LogP contribution in [0.1, 0.15) is 32.2 Å². The third-order valence-corrected chi connectivity index (χ3v) is 3.60. The van der Waals surface area contributed by atoms with E-state index < -0.39 is 6.04 Å². The van der Waals surface area contributed by atoms with Gasteiger partial charge in [-0.1, -0.05) is 0 Å². The number of hydrogen-bond donors (Lipinski definition) is 0. The lowest BCUT2D eigenvalue weighted by atomic mass is 10.1. The number of carbonyl (C=O) groups excluding carboxylic acids is 1. The van der Waals surface area contributed by atoms with Gasteiger partial charge in [-0.15, -0.1) is 0 Å². The number of aromatic nitrogens is 1. The summed E-state index contributed by atoms with van der Waals surface area (Å²) in [6, 6.07) is 2.85. The quantitative estimate of drug-likeness (QED) is 0.830. The van der Waals surface area contributed by atoms with E-state index in [2.05, 4.69) is 0 Å². The number of likely N-dealkylation sites (tertiary alicyclic amines) is 1. The number of pyridine rings is 1. The Bertz CT molecular complexity index is 504. The van der Waals surface area contributed by atoms with Crippen LogP contribution >= 0.6 is 0 Å². The average molecular weight is 264 g/mol. The van der Waals surface area contributed by atoms with Crippen molar-refractivity contribution in [1.29, 1.82) is 0 Å². The minimum Gasteiger partial charge on any atom is -0.491 e. The van der Waals surface area contributed by atoms with Gasteiger partial charge in [-0.3, -0.25) is 9.59 Å². The standard InChI is InChI=1S/C14H20N2O3/c1-11(13(17)15-8-4-3-5-9-15)16-10-6-7-12(19-2)14(16)18/h6-7,10-11H,3-5,8-9H2,1-2H3. The molecular weight excluding hydrogens is 244 g/mol. The molecule has 1 fully saturated rings. The molecule has 1 amide bonds. The minimum atomic E-state index is -0.485. The largest absolute Gasteiger partial charge is 0.491 e. The van der Waals surface area contributed by atoms with Gasteiger partial charge in [-0.2, -0.15) is 0 Å². The van der Waals surface area contributed by atoms with Crippen LogP contribution < -0.4 is 10.3 Å². The number of hydrogen-bond acceptors (Lipinski definition) is 3. The van der Waals surface area contributed by atoms with Crippen molar-refractivity contribution in [1.82, 2.24) is 9.47 Å². The second-order valence-electron chi connectivity index (χ2n) is 4.85. The first-order valence-electron chi connectivity index (χ1n) is 6.69. The summed E-state index contributed by atoms with van der Waals surface area (Å²) in [5.74, 6) is 0.274. The molecule has 19 heavy (non-hydrogen) atoms. The molecule has 0 aromatic carbocycles. The molecular formula is C14H20N2O3. The van der Waals surface area contributed by atoms with Crippen LogP contribution in [-0.4, -0.2) is 35.6 Å². The van der Waals surface area contributed by atoms with Crippen molar-refractivity contribution in [2.45, 2.75) is 32.2 Å². The average Bonchev–Trinajstić information content (AvgIpc) is 2.47. The molecule has 2 rings (SSSR count). The third kappa shape index (κ3) is 2.80. The molecule has 104 valence electrons. The van der Waals surface area contributed by atoms with Gasteiger partial charge in [-0.25, -0.2) is 0 Å². The first-order chi connectivity index (χ1) is 9.15.